The Labute approximate surface area is 118 Å². The summed E-state index contributed by atoms with van der Waals surface area (Å²) in [4.78, 5) is 17.3. The van der Waals surface area contributed by atoms with Crippen molar-refractivity contribution in [3.05, 3.63) is 30.1 Å². The molecule has 7 heteroatoms. The zero-order valence-corrected chi connectivity index (χ0v) is 12.1. The molecule has 20 heavy (non-hydrogen) atoms. The van der Waals surface area contributed by atoms with E-state index in [1.165, 1.54) is 11.9 Å². The van der Waals surface area contributed by atoms with Crippen LogP contribution < -0.4 is 5.73 Å². The number of hydrogen-bond donors (Lipinski definition) is 2. The Morgan fingerprint density at radius 2 is 2.00 bits per heavy atom. The number of hydrogen-bond acceptors (Lipinski definition) is 5. The number of amides is 1. The van der Waals surface area contributed by atoms with Gasteiger partial charge in [-0.05, 0) is 38.5 Å². The van der Waals surface area contributed by atoms with Crippen LogP contribution in [0.1, 0.15) is 32.4 Å². The van der Waals surface area contributed by atoms with E-state index in [4.69, 9.17) is 15.7 Å². The van der Waals surface area contributed by atoms with Crippen LogP contribution in [0, 0.1) is 0 Å². The molecule has 0 unspecified atom stereocenters. The summed E-state index contributed by atoms with van der Waals surface area (Å²) in [6.07, 6.45) is 2.57. The van der Waals surface area contributed by atoms with Crippen molar-refractivity contribution in [2.75, 3.05) is 7.05 Å². The molecule has 0 fully saturated rings. The molecule has 1 atom stereocenters. The lowest BCUT2D eigenvalue weighted by Gasteiger charge is -2.30. The van der Waals surface area contributed by atoms with Crippen LogP contribution in [-0.2, 0) is 4.74 Å². The van der Waals surface area contributed by atoms with E-state index >= 15 is 0 Å². The quantitative estimate of drug-likeness (QED) is 0.380. The third-order valence-corrected chi connectivity index (χ3v) is 2.49. The highest BCUT2D eigenvalue weighted by molar-refractivity contribution is 5.89. The van der Waals surface area contributed by atoms with Crippen molar-refractivity contribution in [1.29, 1.82) is 0 Å². The Hall–Kier alpha value is -2.31. The molecule has 7 nitrogen and oxygen atoms in total. The zero-order chi connectivity index (χ0) is 15.3. The first kappa shape index (κ1) is 15.7. The maximum Gasteiger partial charge on any atom is 0.410 e. The molecular formula is C13H20N4O3. The van der Waals surface area contributed by atoms with E-state index in [-0.39, 0.29) is 5.84 Å². The Morgan fingerprint density at radius 1 is 1.45 bits per heavy atom. The molecule has 0 bridgehead atoms. The summed E-state index contributed by atoms with van der Waals surface area (Å²) in [5, 5.41) is 11.9. The highest BCUT2D eigenvalue weighted by Gasteiger charge is 2.29. The van der Waals surface area contributed by atoms with E-state index in [0.717, 1.165) is 0 Å². The maximum absolute atomic E-state index is 12.1. The Morgan fingerprint density at radius 3 is 2.45 bits per heavy atom. The van der Waals surface area contributed by atoms with Crippen LogP contribution in [0.4, 0.5) is 4.79 Å². The first-order valence-corrected chi connectivity index (χ1v) is 6.09. The van der Waals surface area contributed by atoms with Crippen LogP contribution in [0.5, 0.6) is 0 Å². The van der Waals surface area contributed by atoms with Crippen molar-refractivity contribution < 1.29 is 14.7 Å². The Bertz CT molecular complexity index is 482. The first-order valence-electron chi connectivity index (χ1n) is 6.09. The second kappa shape index (κ2) is 6.23. The molecule has 0 aliphatic heterocycles. The number of oxime groups is 1. The molecule has 0 aliphatic rings. The van der Waals surface area contributed by atoms with Gasteiger partial charge in [0, 0.05) is 19.4 Å². The molecule has 1 aromatic heterocycles. The van der Waals surface area contributed by atoms with Crippen LogP contribution in [-0.4, -0.2) is 39.7 Å². The SMILES string of the molecule is CN(C(=O)OC(C)(C)C)[C@H](C(N)=NO)c1ccncc1. The summed E-state index contributed by atoms with van der Waals surface area (Å²) >= 11 is 0. The van der Waals surface area contributed by atoms with Gasteiger partial charge in [0.05, 0.1) is 0 Å². The molecule has 0 saturated carbocycles. The highest BCUT2D eigenvalue weighted by Crippen LogP contribution is 2.21. The fraction of sp³-hybridized carbons (Fsp3) is 0.462. The van der Waals surface area contributed by atoms with Crippen molar-refractivity contribution >= 4 is 11.9 Å². The summed E-state index contributed by atoms with van der Waals surface area (Å²) < 4.78 is 5.28. The molecule has 1 rings (SSSR count). The molecule has 0 saturated heterocycles. The van der Waals surface area contributed by atoms with Gasteiger partial charge in [-0.2, -0.15) is 0 Å². The van der Waals surface area contributed by atoms with E-state index in [1.807, 2.05) is 0 Å². The second-order valence-electron chi connectivity index (χ2n) is 5.30. The monoisotopic (exact) mass is 280 g/mol. The van der Waals surface area contributed by atoms with E-state index in [9.17, 15) is 4.79 Å². The molecule has 1 aromatic rings. The lowest BCUT2D eigenvalue weighted by Crippen LogP contribution is -2.42. The van der Waals surface area contributed by atoms with E-state index in [1.54, 1.807) is 45.3 Å². The number of carbonyl (C=O) groups excluding carboxylic acids is 1. The summed E-state index contributed by atoms with van der Waals surface area (Å²) in [7, 11) is 1.53. The lowest BCUT2D eigenvalue weighted by molar-refractivity contribution is 0.0263. The van der Waals surface area contributed by atoms with Gasteiger partial charge in [0.15, 0.2) is 5.84 Å². The molecule has 3 N–H and O–H groups in total. The van der Waals surface area contributed by atoms with Crippen molar-refractivity contribution in [1.82, 2.24) is 9.88 Å². The number of pyridine rings is 1. The number of amidine groups is 1. The van der Waals surface area contributed by atoms with Gasteiger partial charge < -0.3 is 15.7 Å². The van der Waals surface area contributed by atoms with Gasteiger partial charge in [-0.1, -0.05) is 5.16 Å². The Kier molecular flexibility index (Phi) is 4.90. The van der Waals surface area contributed by atoms with E-state index < -0.39 is 17.7 Å². The van der Waals surface area contributed by atoms with Gasteiger partial charge >= 0.3 is 6.09 Å². The minimum atomic E-state index is -0.724. The smallest absolute Gasteiger partial charge is 0.410 e. The zero-order valence-electron chi connectivity index (χ0n) is 12.1. The number of ether oxygens (including phenoxy) is 1. The highest BCUT2D eigenvalue weighted by atomic mass is 16.6. The van der Waals surface area contributed by atoms with Gasteiger partial charge in [0.1, 0.15) is 11.6 Å². The molecule has 110 valence electrons. The number of nitrogens with zero attached hydrogens (tertiary/aromatic N) is 3. The number of likely N-dealkylation sites (N-methyl/N-ethyl adjacent to an activating group) is 1. The van der Waals surface area contributed by atoms with Crippen molar-refractivity contribution in [2.24, 2.45) is 10.9 Å². The first-order chi connectivity index (χ1) is 9.26. The van der Waals surface area contributed by atoms with Gasteiger partial charge in [-0.25, -0.2) is 4.79 Å². The minimum absolute atomic E-state index is 0.107. The molecule has 1 amide bonds. The maximum atomic E-state index is 12.1. The Balaban J connectivity index is 3.04. The van der Waals surface area contributed by atoms with Gasteiger partial charge in [0.25, 0.3) is 0 Å². The predicted molar refractivity (Wildman–Crippen MR) is 74.4 cm³/mol. The minimum Gasteiger partial charge on any atom is -0.444 e. The summed E-state index contributed by atoms with van der Waals surface area (Å²) in [6, 6.07) is 2.64. The van der Waals surface area contributed by atoms with Crippen molar-refractivity contribution in [3.8, 4) is 0 Å². The lowest BCUT2D eigenvalue weighted by atomic mass is 10.1. The van der Waals surface area contributed by atoms with Crippen LogP contribution in [0.2, 0.25) is 0 Å². The number of nitrogens with two attached hydrogens (primary N) is 1. The van der Waals surface area contributed by atoms with Gasteiger partial charge in [-0.15, -0.1) is 0 Å². The molecule has 1 heterocycles. The normalized spacial score (nSPS) is 13.7. The van der Waals surface area contributed by atoms with E-state index in [0.29, 0.717) is 5.56 Å². The largest absolute Gasteiger partial charge is 0.444 e. The summed E-state index contributed by atoms with van der Waals surface area (Å²) in [5.74, 6) is -0.107. The molecular weight excluding hydrogens is 260 g/mol. The standard InChI is InChI=1S/C13H20N4O3/c1-13(2,3)20-12(18)17(4)10(11(14)16-19)9-5-7-15-8-6-9/h5-8,10,19H,1-4H3,(H2,14,16)/t10-/m0/s1. The van der Waals surface area contributed by atoms with Gasteiger partial charge in [0.2, 0.25) is 0 Å². The number of carbonyl (C=O) groups is 1. The van der Waals surface area contributed by atoms with Crippen LogP contribution in [0.25, 0.3) is 0 Å². The third-order valence-electron chi connectivity index (χ3n) is 2.49. The summed E-state index contributed by atoms with van der Waals surface area (Å²) in [6.45, 7) is 5.30. The van der Waals surface area contributed by atoms with Crippen LogP contribution in [0.3, 0.4) is 0 Å². The molecule has 0 aliphatic carbocycles. The van der Waals surface area contributed by atoms with Crippen LogP contribution in [0.15, 0.2) is 29.7 Å². The third kappa shape index (κ3) is 4.11. The second-order valence-corrected chi connectivity index (χ2v) is 5.30. The fourth-order valence-electron chi connectivity index (χ4n) is 1.63. The van der Waals surface area contributed by atoms with Gasteiger partial charge in [-0.3, -0.25) is 9.88 Å². The number of rotatable bonds is 3. The van der Waals surface area contributed by atoms with Crippen molar-refractivity contribution in [2.45, 2.75) is 32.4 Å². The molecule has 0 aromatic carbocycles. The molecule has 0 radical (unpaired) electrons. The average Bonchev–Trinajstić information content (AvgIpc) is 2.37. The molecule has 0 spiro atoms. The summed E-state index contributed by atoms with van der Waals surface area (Å²) in [5.41, 5.74) is 5.73. The predicted octanol–water partition coefficient (Wildman–Crippen LogP) is 1.74. The topological polar surface area (TPSA) is 101 Å². The fourth-order valence-corrected chi connectivity index (χ4v) is 1.63. The van der Waals surface area contributed by atoms with Crippen LogP contribution >= 0.6 is 0 Å². The number of aromatic nitrogens is 1. The van der Waals surface area contributed by atoms with Crippen molar-refractivity contribution in [3.63, 3.8) is 0 Å². The van der Waals surface area contributed by atoms with E-state index in [2.05, 4.69) is 10.1 Å². The average molecular weight is 280 g/mol.